The zero-order chi connectivity index (χ0) is 15.2. The molecule has 5 nitrogen and oxygen atoms in total. The predicted molar refractivity (Wildman–Crippen MR) is 77.9 cm³/mol. The fourth-order valence-electron chi connectivity index (χ4n) is 1.87. The van der Waals surface area contributed by atoms with E-state index < -0.39 is 0 Å². The summed E-state index contributed by atoms with van der Waals surface area (Å²) in [6, 6.07) is 13.8. The SMILES string of the molecule is COc1ccc(O)c(CNc2ccc(C#N)c(C#N)c2)c1. The van der Waals surface area contributed by atoms with Gasteiger partial charge in [-0.3, -0.25) is 0 Å². The average molecular weight is 279 g/mol. The molecule has 0 saturated heterocycles. The Labute approximate surface area is 122 Å². The van der Waals surface area contributed by atoms with Crippen LogP contribution >= 0.6 is 0 Å². The molecule has 0 spiro atoms. The van der Waals surface area contributed by atoms with E-state index in [0.29, 0.717) is 34.7 Å². The van der Waals surface area contributed by atoms with Crippen molar-refractivity contribution in [3.63, 3.8) is 0 Å². The second-order valence-electron chi connectivity index (χ2n) is 4.33. The highest BCUT2D eigenvalue weighted by Gasteiger charge is 2.05. The number of benzene rings is 2. The molecule has 0 aliphatic carbocycles. The molecular formula is C16H13N3O2. The van der Waals surface area contributed by atoms with Crippen molar-refractivity contribution >= 4 is 5.69 Å². The molecule has 0 aliphatic heterocycles. The molecule has 2 rings (SSSR count). The molecular weight excluding hydrogens is 266 g/mol. The summed E-state index contributed by atoms with van der Waals surface area (Å²) >= 11 is 0. The van der Waals surface area contributed by atoms with E-state index in [2.05, 4.69) is 5.32 Å². The molecule has 0 heterocycles. The zero-order valence-corrected chi connectivity index (χ0v) is 11.4. The number of methoxy groups -OCH3 is 1. The summed E-state index contributed by atoms with van der Waals surface area (Å²) in [6.07, 6.45) is 0. The second kappa shape index (κ2) is 6.31. The summed E-state index contributed by atoms with van der Waals surface area (Å²) in [4.78, 5) is 0. The number of nitrogens with zero attached hydrogens (tertiary/aromatic N) is 2. The third-order valence-electron chi connectivity index (χ3n) is 3.03. The Morgan fingerprint density at radius 3 is 2.52 bits per heavy atom. The van der Waals surface area contributed by atoms with Crippen molar-refractivity contribution in [2.24, 2.45) is 0 Å². The van der Waals surface area contributed by atoms with Gasteiger partial charge in [-0.15, -0.1) is 0 Å². The number of phenols is 1. The fraction of sp³-hybridized carbons (Fsp3) is 0.125. The standard InChI is InChI=1S/C16H13N3O2/c1-21-15-4-5-16(20)13(7-15)10-19-14-3-2-11(8-17)12(6-14)9-18/h2-7,19-20H,10H2,1H3. The van der Waals surface area contributed by atoms with Crippen LogP contribution in [0, 0.1) is 22.7 Å². The Kier molecular flexibility index (Phi) is 4.28. The molecule has 0 saturated carbocycles. The summed E-state index contributed by atoms with van der Waals surface area (Å²) in [5, 5.41) is 30.8. The van der Waals surface area contributed by atoms with E-state index in [1.807, 2.05) is 12.1 Å². The Balaban J connectivity index is 2.17. The van der Waals surface area contributed by atoms with Crippen LogP contribution in [0.15, 0.2) is 36.4 Å². The van der Waals surface area contributed by atoms with Gasteiger partial charge in [0.05, 0.1) is 18.2 Å². The molecule has 2 aromatic rings. The highest BCUT2D eigenvalue weighted by Crippen LogP contribution is 2.24. The smallest absolute Gasteiger partial charge is 0.120 e. The average Bonchev–Trinajstić information content (AvgIpc) is 2.53. The maximum atomic E-state index is 9.80. The van der Waals surface area contributed by atoms with Gasteiger partial charge in [0.2, 0.25) is 0 Å². The van der Waals surface area contributed by atoms with E-state index in [9.17, 15) is 5.11 Å². The minimum absolute atomic E-state index is 0.164. The zero-order valence-electron chi connectivity index (χ0n) is 11.4. The number of hydrogen-bond acceptors (Lipinski definition) is 5. The van der Waals surface area contributed by atoms with Crippen molar-refractivity contribution in [3.8, 4) is 23.6 Å². The highest BCUT2D eigenvalue weighted by atomic mass is 16.5. The molecule has 2 N–H and O–H groups in total. The van der Waals surface area contributed by atoms with Gasteiger partial charge >= 0.3 is 0 Å². The highest BCUT2D eigenvalue weighted by molar-refractivity contribution is 5.56. The molecule has 5 heteroatoms. The Hall–Kier alpha value is -3.18. The third-order valence-corrected chi connectivity index (χ3v) is 3.03. The van der Waals surface area contributed by atoms with Crippen LogP contribution in [0.5, 0.6) is 11.5 Å². The minimum Gasteiger partial charge on any atom is -0.508 e. The first kappa shape index (κ1) is 14.2. The molecule has 104 valence electrons. The van der Waals surface area contributed by atoms with E-state index in [0.717, 1.165) is 0 Å². The second-order valence-corrected chi connectivity index (χ2v) is 4.33. The van der Waals surface area contributed by atoms with Crippen molar-refractivity contribution in [2.75, 3.05) is 12.4 Å². The van der Waals surface area contributed by atoms with Crippen LogP contribution in [0.2, 0.25) is 0 Å². The lowest BCUT2D eigenvalue weighted by Gasteiger charge is -2.10. The first-order valence-electron chi connectivity index (χ1n) is 6.22. The van der Waals surface area contributed by atoms with Crippen LogP contribution < -0.4 is 10.1 Å². The lowest BCUT2D eigenvalue weighted by Crippen LogP contribution is -2.01. The summed E-state index contributed by atoms with van der Waals surface area (Å²) in [5.74, 6) is 0.819. The number of aromatic hydroxyl groups is 1. The molecule has 0 bridgehead atoms. The maximum absolute atomic E-state index is 9.80. The van der Waals surface area contributed by atoms with Gasteiger partial charge in [-0.1, -0.05) is 0 Å². The van der Waals surface area contributed by atoms with Gasteiger partial charge in [-0.05, 0) is 36.4 Å². The van der Waals surface area contributed by atoms with Gasteiger partial charge in [0.25, 0.3) is 0 Å². The van der Waals surface area contributed by atoms with Gasteiger partial charge in [0.1, 0.15) is 23.6 Å². The summed E-state index contributed by atoms with van der Waals surface area (Å²) < 4.78 is 5.11. The first-order valence-corrected chi connectivity index (χ1v) is 6.22. The van der Waals surface area contributed by atoms with Crippen LogP contribution in [0.1, 0.15) is 16.7 Å². The molecule has 0 aliphatic rings. The van der Waals surface area contributed by atoms with Crippen molar-refractivity contribution < 1.29 is 9.84 Å². The predicted octanol–water partition coefficient (Wildman–Crippen LogP) is 2.76. The Bertz CT molecular complexity index is 742. The van der Waals surface area contributed by atoms with Crippen LogP contribution in [0.4, 0.5) is 5.69 Å². The van der Waals surface area contributed by atoms with Crippen molar-refractivity contribution in [1.29, 1.82) is 10.5 Å². The van der Waals surface area contributed by atoms with Crippen molar-refractivity contribution in [2.45, 2.75) is 6.54 Å². The van der Waals surface area contributed by atoms with Gasteiger partial charge < -0.3 is 15.2 Å². The minimum atomic E-state index is 0.164. The van der Waals surface area contributed by atoms with Crippen molar-refractivity contribution in [3.05, 3.63) is 53.1 Å². The van der Waals surface area contributed by atoms with E-state index in [1.54, 1.807) is 43.5 Å². The molecule has 0 amide bonds. The van der Waals surface area contributed by atoms with Crippen molar-refractivity contribution in [1.82, 2.24) is 0 Å². The largest absolute Gasteiger partial charge is 0.508 e. The number of nitrogens with one attached hydrogen (secondary N) is 1. The normalized spacial score (nSPS) is 9.48. The lowest BCUT2D eigenvalue weighted by atomic mass is 10.1. The molecule has 0 atom stereocenters. The number of rotatable bonds is 4. The lowest BCUT2D eigenvalue weighted by molar-refractivity contribution is 0.411. The Morgan fingerprint density at radius 2 is 1.86 bits per heavy atom. The first-order chi connectivity index (χ1) is 10.2. The molecule has 2 aromatic carbocycles. The summed E-state index contributed by atoms with van der Waals surface area (Å²) in [6.45, 7) is 0.375. The number of anilines is 1. The third kappa shape index (κ3) is 3.23. The van der Waals surface area contributed by atoms with Gasteiger partial charge in [0, 0.05) is 17.8 Å². The maximum Gasteiger partial charge on any atom is 0.120 e. The number of ether oxygens (including phenoxy) is 1. The van der Waals surface area contributed by atoms with Gasteiger partial charge in [0.15, 0.2) is 0 Å². The van der Waals surface area contributed by atoms with E-state index in [-0.39, 0.29) is 5.75 Å². The molecule has 0 fully saturated rings. The fourth-order valence-corrected chi connectivity index (χ4v) is 1.87. The topological polar surface area (TPSA) is 89.1 Å². The summed E-state index contributed by atoms with van der Waals surface area (Å²) in [5.41, 5.74) is 2.04. The molecule has 21 heavy (non-hydrogen) atoms. The number of nitriles is 2. The number of phenolic OH excluding ortho intramolecular Hbond substituents is 1. The van der Waals surface area contributed by atoms with Crippen LogP contribution in [0.3, 0.4) is 0 Å². The molecule has 0 radical (unpaired) electrons. The quantitative estimate of drug-likeness (QED) is 0.898. The Morgan fingerprint density at radius 1 is 1.10 bits per heavy atom. The van der Waals surface area contributed by atoms with Gasteiger partial charge in [-0.25, -0.2) is 0 Å². The summed E-state index contributed by atoms with van der Waals surface area (Å²) in [7, 11) is 1.56. The van der Waals surface area contributed by atoms with Crippen LogP contribution in [0.25, 0.3) is 0 Å². The molecule has 0 aromatic heterocycles. The van der Waals surface area contributed by atoms with Crippen LogP contribution in [-0.4, -0.2) is 12.2 Å². The van der Waals surface area contributed by atoms with Crippen LogP contribution in [-0.2, 0) is 6.54 Å². The number of hydrogen-bond donors (Lipinski definition) is 2. The van der Waals surface area contributed by atoms with E-state index in [1.165, 1.54) is 0 Å². The van der Waals surface area contributed by atoms with E-state index >= 15 is 0 Å². The van der Waals surface area contributed by atoms with E-state index in [4.69, 9.17) is 15.3 Å². The van der Waals surface area contributed by atoms with Gasteiger partial charge in [-0.2, -0.15) is 10.5 Å². The monoisotopic (exact) mass is 279 g/mol. The molecule has 0 unspecified atom stereocenters.